The van der Waals surface area contributed by atoms with Crippen molar-refractivity contribution in [2.45, 2.75) is 0 Å². The first-order valence-corrected chi connectivity index (χ1v) is 11.2. The van der Waals surface area contributed by atoms with Gasteiger partial charge in [-0.05, 0) is 70.4 Å². The smallest absolute Gasteiger partial charge is 0.124 e. The molecule has 0 saturated carbocycles. The van der Waals surface area contributed by atoms with Crippen LogP contribution in [0.2, 0.25) is 0 Å². The summed E-state index contributed by atoms with van der Waals surface area (Å²) in [6, 6.07) is 19.2. The summed E-state index contributed by atoms with van der Waals surface area (Å²) in [5.41, 5.74) is 3.49. The summed E-state index contributed by atoms with van der Waals surface area (Å²) in [5, 5.41) is 24.2. The summed E-state index contributed by atoms with van der Waals surface area (Å²) in [7, 11) is 0. The number of hydrogen-bond donors (Lipinski definition) is 2. The molecule has 0 amide bonds. The lowest BCUT2D eigenvalue weighted by Gasteiger charge is -2.03. The summed E-state index contributed by atoms with van der Waals surface area (Å²) in [6.45, 7) is 0.981. The predicted octanol–water partition coefficient (Wildman–Crippen LogP) is 6.09. The SMILES string of the molecule is Oc1ccc(-c2cccs2)cc1C=NCCN=Cc1cc(-c2cccs2)ccc1O. The van der Waals surface area contributed by atoms with Gasteiger partial charge in [-0.1, -0.05) is 12.1 Å². The molecule has 0 atom stereocenters. The van der Waals surface area contributed by atoms with Crippen LogP contribution in [0.15, 0.2) is 81.4 Å². The summed E-state index contributed by atoms with van der Waals surface area (Å²) in [5.74, 6) is 0.413. The maximum Gasteiger partial charge on any atom is 0.124 e. The Morgan fingerprint density at radius 3 is 1.53 bits per heavy atom. The Morgan fingerprint density at radius 1 is 0.667 bits per heavy atom. The van der Waals surface area contributed by atoms with E-state index in [1.165, 1.54) is 0 Å². The van der Waals surface area contributed by atoms with E-state index >= 15 is 0 Å². The Kier molecular flexibility index (Phi) is 6.37. The Balaban J connectivity index is 1.37. The highest BCUT2D eigenvalue weighted by atomic mass is 32.1. The van der Waals surface area contributed by atoms with E-state index in [2.05, 4.69) is 22.1 Å². The van der Waals surface area contributed by atoms with Crippen molar-refractivity contribution in [3.05, 3.63) is 82.6 Å². The maximum absolute atomic E-state index is 10.1. The number of thiophene rings is 2. The first kappa shape index (κ1) is 20.1. The second kappa shape index (κ2) is 9.52. The highest BCUT2D eigenvalue weighted by Crippen LogP contribution is 2.29. The van der Waals surface area contributed by atoms with E-state index in [1.807, 2.05) is 47.2 Å². The third kappa shape index (κ3) is 4.84. The van der Waals surface area contributed by atoms with Gasteiger partial charge in [-0.3, -0.25) is 9.98 Å². The third-order valence-electron chi connectivity index (χ3n) is 4.49. The number of phenolic OH excluding ortho intramolecular Hbond substituents is 2. The van der Waals surface area contributed by atoms with E-state index in [-0.39, 0.29) is 11.5 Å². The summed E-state index contributed by atoms with van der Waals surface area (Å²) >= 11 is 3.32. The van der Waals surface area contributed by atoms with Gasteiger partial charge in [0, 0.05) is 33.3 Å². The number of rotatable bonds is 7. The van der Waals surface area contributed by atoms with E-state index in [0.717, 1.165) is 20.9 Å². The number of aliphatic imine (C=N–C) groups is 2. The number of phenols is 2. The molecular formula is C24H20N2O2S2. The van der Waals surface area contributed by atoms with Crippen molar-refractivity contribution in [1.29, 1.82) is 0 Å². The van der Waals surface area contributed by atoms with Crippen LogP contribution < -0.4 is 0 Å². The van der Waals surface area contributed by atoms with Gasteiger partial charge in [-0.2, -0.15) is 0 Å². The molecule has 2 N–H and O–H groups in total. The fourth-order valence-electron chi connectivity index (χ4n) is 2.95. The molecule has 30 heavy (non-hydrogen) atoms. The molecule has 0 aliphatic heterocycles. The Morgan fingerprint density at radius 2 is 1.13 bits per heavy atom. The molecule has 0 aliphatic carbocycles. The van der Waals surface area contributed by atoms with Gasteiger partial charge in [-0.15, -0.1) is 22.7 Å². The number of aromatic hydroxyl groups is 2. The van der Waals surface area contributed by atoms with Crippen molar-refractivity contribution in [2.75, 3.05) is 13.1 Å². The van der Waals surface area contributed by atoms with Gasteiger partial charge in [0.2, 0.25) is 0 Å². The molecule has 2 aromatic heterocycles. The lowest BCUT2D eigenvalue weighted by molar-refractivity contribution is 0.474. The topological polar surface area (TPSA) is 65.2 Å². The van der Waals surface area contributed by atoms with Crippen molar-refractivity contribution in [2.24, 2.45) is 9.98 Å². The van der Waals surface area contributed by atoms with Gasteiger partial charge in [0.15, 0.2) is 0 Å². The fraction of sp³-hybridized carbons (Fsp3) is 0.0833. The third-order valence-corrected chi connectivity index (χ3v) is 6.32. The first-order valence-electron chi connectivity index (χ1n) is 9.44. The molecule has 4 rings (SSSR count). The van der Waals surface area contributed by atoms with Gasteiger partial charge >= 0.3 is 0 Å². The summed E-state index contributed by atoms with van der Waals surface area (Å²) < 4.78 is 0. The Bertz CT molecular complexity index is 1070. The van der Waals surface area contributed by atoms with Gasteiger partial charge in [0.05, 0.1) is 13.1 Å². The van der Waals surface area contributed by atoms with Crippen molar-refractivity contribution < 1.29 is 10.2 Å². The molecular weight excluding hydrogens is 412 g/mol. The molecule has 4 aromatic rings. The minimum absolute atomic E-state index is 0.206. The average molecular weight is 433 g/mol. The van der Waals surface area contributed by atoms with Crippen LogP contribution >= 0.6 is 22.7 Å². The van der Waals surface area contributed by atoms with Crippen LogP contribution in [0.25, 0.3) is 20.9 Å². The van der Waals surface area contributed by atoms with Crippen LogP contribution in [0.4, 0.5) is 0 Å². The standard InChI is InChI=1S/C24H20N2O2S2/c27-21-7-5-17(23-3-1-11-29-23)13-19(21)15-25-9-10-26-16-20-14-18(6-8-22(20)28)24-4-2-12-30-24/h1-8,11-16,27-28H,9-10H2. The lowest BCUT2D eigenvalue weighted by atomic mass is 10.1. The van der Waals surface area contributed by atoms with Crippen LogP contribution in [0.5, 0.6) is 11.5 Å². The molecule has 150 valence electrons. The number of hydrogen-bond acceptors (Lipinski definition) is 6. The number of nitrogens with zero attached hydrogens (tertiary/aromatic N) is 2. The van der Waals surface area contributed by atoms with E-state index in [9.17, 15) is 10.2 Å². The molecule has 2 heterocycles. The van der Waals surface area contributed by atoms with Gasteiger partial charge < -0.3 is 10.2 Å². The van der Waals surface area contributed by atoms with E-state index in [4.69, 9.17) is 0 Å². The van der Waals surface area contributed by atoms with Crippen molar-refractivity contribution >= 4 is 35.1 Å². The maximum atomic E-state index is 10.1. The Hall–Kier alpha value is -3.22. The largest absolute Gasteiger partial charge is 0.507 e. The zero-order chi connectivity index (χ0) is 20.8. The molecule has 2 aromatic carbocycles. The molecule has 0 fully saturated rings. The molecule has 0 radical (unpaired) electrons. The van der Waals surface area contributed by atoms with Crippen molar-refractivity contribution in [3.8, 4) is 32.4 Å². The van der Waals surface area contributed by atoms with Crippen LogP contribution in [0.3, 0.4) is 0 Å². The van der Waals surface area contributed by atoms with Gasteiger partial charge in [0.25, 0.3) is 0 Å². The lowest BCUT2D eigenvalue weighted by Crippen LogP contribution is -1.92. The molecule has 4 nitrogen and oxygen atoms in total. The van der Waals surface area contributed by atoms with Crippen molar-refractivity contribution in [1.82, 2.24) is 0 Å². The second-order valence-corrected chi connectivity index (χ2v) is 8.47. The molecule has 0 aliphatic rings. The second-order valence-electron chi connectivity index (χ2n) is 6.57. The zero-order valence-electron chi connectivity index (χ0n) is 16.1. The first-order chi connectivity index (χ1) is 14.7. The molecule has 0 saturated heterocycles. The van der Waals surface area contributed by atoms with E-state index < -0.39 is 0 Å². The highest BCUT2D eigenvalue weighted by Gasteiger charge is 2.04. The monoisotopic (exact) mass is 432 g/mol. The molecule has 0 bridgehead atoms. The van der Waals surface area contributed by atoms with E-state index in [0.29, 0.717) is 24.2 Å². The fourth-order valence-corrected chi connectivity index (χ4v) is 4.40. The van der Waals surface area contributed by atoms with Crippen LogP contribution in [-0.2, 0) is 0 Å². The van der Waals surface area contributed by atoms with Gasteiger partial charge in [-0.25, -0.2) is 0 Å². The Labute approximate surface area is 183 Å². The minimum atomic E-state index is 0.206. The molecule has 6 heteroatoms. The predicted molar refractivity (Wildman–Crippen MR) is 128 cm³/mol. The van der Waals surface area contributed by atoms with Crippen LogP contribution in [0.1, 0.15) is 11.1 Å². The van der Waals surface area contributed by atoms with Crippen LogP contribution in [0, 0.1) is 0 Å². The van der Waals surface area contributed by atoms with Gasteiger partial charge in [0.1, 0.15) is 11.5 Å². The van der Waals surface area contributed by atoms with Crippen LogP contribution in [-0.4, -0.2) is 35.7 Å². The number of benzene rings is 2. The quantitative estimate of drug-likeness (QED) is 0.274. The highest BCUT2D eigenvalue weighted by molar-refractivity contribution is 7.13. The van der Waals surface area contributed by atoms with E-state index in [1.54, 1.807) is 47.2 Å². The zero-order valence-corrected chi connectivity index (χ0v) is 17.7. The summed E-state index contributed by atoms with van der Waals surface area (Å²) in [4.78, 5) is 11.1. The average Bonchev–Trinajstić information content (AvgIpc) is 3.47. The summed E-state index contributed by atoms with van der Waals surface area (Å²) in [6.07, 6.45) is 3.35. The normalized spacial score (nSPS) is 11.6. The minimum Gasteiger partial charge on any atom is -0.507 e. The molecule has 0 unspecified atom stereocenters. The van der Waals surface area contributed by atoms with Crippen molar-refractivity contribution in [3.63, 3.8) is 0 Å². The molecule has 0 spiro atoms.